The normalized spacial score (nSPS) is 11.6. The zero-order valence-electron chi connectivity index (χ0n) is 29.3. The van der Waals surface area contributed by atoms with Crippen LogP contribution in [-0.2, 0) is 19.0 Å². The summed E-state index contributed by atoms with van der Waals surface area (Å²) in [5, 5.41) is 4.31. The van der Waals surface area contributed by atoms with Gasteiger partial charge in [-0.3, -0.25) is 4.98 Å². The van der Waals surface area contributed by atoms with Gasteiger partial charge in [-0.05, 0) is 69.3 Å². The molecule has 1 radical (unpaired) electrons. The molecule has 0 atom stereocenters. The summed E-state index contributed by atoms with van der Waals surface area (Å²) in [6.07, 6.45) is 14.9. The fourth-order valence-corrected chi connectivity index (χ4v) is 11.8. The third-order valence-electron chi connectivity index (χ3n) is 10.1. The number of hydrogen-bond acceptors (Lipinski definition) is 1. The Hall–Kier alpha value is -4.41. The van der Waals surface area contributed by atoms with Crippen LogP contribution in [0.5, 0.6) is 0 Å². The molecule has 0 aliphatic carbocycles. The molecule has 4 heteroatoms. The molecule has 0 aliphatic heterocycles. The van der Waals surface area contributed by atoms with Crippen molar-refractivity contribution in [3.63, 3.8) is 0 Å². The molecule has 5 aromatic carbocycles. The Kier molecular flexibility index (Phi) is 12.2. The van der Waals surface area contributed by atoms with E-state index in [0.29, 0.717) is 0 Å². The molecule has 0 spiro atoms. The second-order valence-electron chi connectivity index (χ2n) is 13.5. The first-order valence-corrected chi connectivity index (χ1v) is 20.6. The van der Waals surface area contributed by atoms with E-state index in [1.54, 1.807) is 0 Å². The van der Waals surface area contributed by atoms with Crippen LogP contribution in [-0.4, -0.2) is 24.9 Å². The van der Waals surface area contributed by atoms with Crippen LogP contribution in [0, 0.1) is 0 Å². The van der Waals surface area contributed by atoms with Gasteiger partial charge in [0, 0.05) is 18.6 Å². The van der Waals surface area contributed by atoms with Gasteiger partial charge in [0.15, 0.2) is 8.07 Å². The van der Waals surface area contributed by atoms with Crippen LogP contribution in [0.25, 0.3) is 0 Å². The van der Waals surface area contributed by atoms with Crippen LogP contribution in [0.15, 0.2) is 152 Å². The van der Waals surface area contributed by atoms with E-state index in [-0.39, 0.29) is 5.82 Å². The van der Waals surface area contributed by atoms with Gasteiger partial charge in [0.05, 0.1) is 5.72 Å². The van der Waals surface area contributed by atoms with Gasteiger partial charge in [-0.15, -0.1) is 0 Å². The number of hydrogen-bond donors (Lipinski definition) is 0. The van der Waals surface area contributed by atoms with Crippen molar-refractivity contribution in [3.05, 3.63) is 174 Å². The highest BCUT2D eigenvalue weighted by atomic mass is 28.3. The lowest BCUT2D eigenvalue weighted by Crippen LogP contribution is -2.70. The van der Waals surface area contributed by atoms with Crippen molar-refractivity contribution in [3.8, 4) is 0 Å². The van der Waals surface area contributed by atoms with Crippen molar-refractivity contribution in [2.75, 3.05) is 0 Å². The van der Waals surface area contributed by atoms with Crippen LogP contribution in [0.1, 0.15) is 80.4 Å². The predicted molar refractivity (Wildman–Crippen MR) is 213 cm³/mol. The first-order chi connectivity index (χ1) is 24.2. The second kappa shape index (κ2) is 17.3. The molecule has 1 heterocycles. The monoisotopic (exact) mass is 657 g/mol. The van der Waals surface area contributed by atoms with Crippen molar-refractivity contribution >= 4 is 36.6 Å². The third-order valence-corrected chi connectivity index (χ3v) is 14.9. The Morgan fingerprint density at radius 2 is 1.00 bits per heavy atom. The summed E-state index contributed by atoms with van der Waals surface area (Å²) in [6, 6.07) is 52.4. The average Bonchev–Trinajstić information content (AvgIpc) is 3.61. The Morgan fingerprint density at radius 3 is 1.47 bits per heavy atom. The molecule has 0 bridgehead atoms. The van der Waals surface area contributed by atoms with E-state index in [9.17, 15) is 0 Å². The largest absolute Gasteiger partial charge is 0.345 e. The minimum Gasteiger partial charge on any atom is -0.345 e. The highest BCUT2D eigenvalue weighted by Crippen LogP contribution is 2.23. The molecule has 2 nitrogen and oxygen atoms in total. The van der Waals surface area contributed by atoms with Crippen molar-refractivity contribution in [2.24, 2.45) is 0 Å². The van der Waals surface area contributed by atoms with Crippen molar-refractivity contribution in [1.29, 1.82) is 0 Å². The minimum absolute atomic E-state index is 0.0983. The molecular formula is C45H50BN2Si. The van der Waals surface area contributed by atoms with Crippen LogP contribution in [0.2, 0.25) is 0 Å². The smallest absolute Gasteiger partial charge is 0.215 e. The minimum atomic E-state index is -2.59. The first-order valence-electron chi connectivity index (χ1n) is 18.4. The predicted octanol–water partition coefficient (Wildman–Crippen LogP) is 8.18. The molecule has 6 rings (SSSR count). The molecule has 0 unspecified atom stereocenters. The van der Waals surface area contributed by atoms with Crippen LogP contribution in [0.3, 0.4) is 0 Å². The summed E-state index contributed by atoms with van der Waals surface area (Å²) < 4.78 is 2.43. The molecule has 0 N–H and O–H groups in total. The summed E-state index contributed by atoms with van der Waals surface area (Å²) in [5.41, 5.74) is 6.42. The van der Waals surface area contributed by atoms with E-state index in [4.69, 9.17) is 4.98 Å². The topological polar surface area (TPSA) is 17.8 Å². The van der Waals surface area contributed by atoms with E-state index in [2.05, 4.69) is 171 Å². The molecule has 6 aromatic rings. The maximum absolute atomic E-state index is 5.01. The van der Waals surface area contributed by atoms with Gasteiger partial charge in [-0.1, -0.05) is 179 Å². The highest BCUT2D eigenvalue weighted by molar-refractivity contribution is 7.10. The Bertz CT molecular complexity index is 1720. The van der Waals surface area contributed by atoms with E-state index < -0.39 is 8.07 Å². The number of aromatic nitrogens is 2. The third kappa shape index (κ3) is 8.43. The molecule has 0 amide bonds. The molecule has 49 heavy (non-hydrogen) atoms. The maximum atomic E-state index is 5.01. The average molecular weight is 658 g/mol. The number of unbranched alkanes of at least 4 members (excludes halogenated alkanes) is 4. The van der Waals surface area contributed by atoms with Gasteiger partial charge >= 0.3 is 0 Å². The summed E-state index contributed by atoms with van der Waals surface area (Å²) >= 11 is 0. The molecule has 0 aliphatic rings. The molecule has 0 fully saturated rings. The van der Waals surface area contributed by atoms with Crippen molar-refractivity contribution in [2.45, 2.75) is 77.2 Å². The zero-order valence-corrected chi connectivity index (χ0v) is 30.3. The van der Waals surface area contributed by atoms with Gasteiger partial charge in [-0.25, -0.2) is 0 Å². The molecular weight excluding hydrogens is 607 g/mol. The maximum Gasteiger partial charge on any atom is 0.215 e. The Morgan fingerprint density at radius 1 is 0.551 bits per heavy atom. The standard InChI is InChI=1S/C45H50BN2Si/c1-3-5-10-18-37-26-30-42(31-27-37)49(41-24-16-9-17-25-41,43-32-28-38(29-33-43)19-11-6-4-2)36-48-35-34-47-45(48)46-44(39-20-12-7-13-21-39)40-22-14-8-15-23-40/h7-9,12-17,20-35,44H,3-6,10-11,18-19,36H2,1-2H3. The van der Waals surface area contributed by atoms with Gasteiger partial charge < -0.3 is 4.57 Å². The van der Waals surface area contributed by atoms with Crippen molar-refractivity contribution in [1.82, 2.24) is 9.55 Å². The van der Waals surface area contributed by atoms with Crippen LogP contribution >= 0.6 is 0 Å². The van der Waals surface area contributed by atoms with Gasteiger partial charge in [0.25, 0.3) is 0 Å². The SMILES string of the molecule is CCCCCc1ccc([Si](Cn2ccnc2[B]C(c2ccccc2)c2ccccc2)(c2ccccc2)c2ccc(CCCCC)cc2)cc1. The van der Waals surface area contributed by atoms with Gasteiger partial charge in [-0.2, -0.15) is 0 Å². The highest BCUT2D eigenvalue weighted by Gasteiger charge is 2.40. The zero-order chi connectivity index (χ0) is 33.7. The summed E-state index contributed by atoms with van der Waals surface area (Å²) in [4.78, 5) is 5.01. The quantitative estimate of drug-likeness (QED) is 0.0550. The van der Waals surface area contributed by atoms with Crippen LogP contribution in [0.4, 0.5) is 0 Å². The second-order valence-corrected chi connectivity index (χ2v) is 17.3. The van der Waals surface area contributed by atoms with Gasteiger partial charge in [0.1, 0.15) is 0 Å². The van der Waals surface area contributed by atoms with Crippen LogP contribution < -0.4 is 21.3 Å². The molecule has 247 valence electrons. The summed E-state index contributed by atoms with van der Waals surface area (Å²) in [7, 11) is -0.225. The van der Waals surface area contributed by atoms with E-state index in [1.807, 2.05) is 6.20 Å². The first kappa shape index (κ1) is 34.5. The lowest BCUT2D eigenvalue weighted by Gasteiger charge is -2.35. The summed E-state index contributed by atoms with van der Waals surface area (Å²) in [5.74, 6) is 0.0983. The molecule has 0 saturated carbocycles. The molecule has 0 saturated heterocycles. The molecule has 1 aromatic heterocycles. The lowest BCUT2D eigenvalue weighted by atomic mass is 9.58. The number of rotatable bonds is 17. The van der Waals surface area contributed by atoms with E-state index >= 15 is 0 Å². The number of benzene rings is 5. The van der Waals surface area contributed by atoms with E-state index in [1.165, 1.54) is 76.3 Å². The van der Waals surface area contributed by atoms with Gasteiger partial charge in [0.2, 0.25) is 7.28 Å². The fourth-order valence-electron chi connectivity index (χ4n) is 7.29. The van der Waals surface area contributed by atoms with E-state index in [0.717, 1.165) is 24.7 Å². The number of aryl methyl sites for hydroxylation is 2. The number of imidazole rings is 1. The summed E-state index contributed by atoms with van der Waals surface area (Å²) in [6.45, 7) is 4.56. The Labute approximate surface area is 296 Å². The lowest BCUT2D eigenvalue weighted by molar-refractivity contribution is 0.717. The fraction of sp³-hybridized carbons (Fsp3) is 0.267. The van der Waals surface area contributed by atoms with Crippen molar-refractivity contribution < 1.29 is 0 Å². The Balaban J connectivity index is 1.44. The number of nitrogens with zero attached hydrogens (tertiary/aromatic N) is 2.